The molecule has 1 aromatic heterocycles. The number of benzene rings is 2. The van der Waals surface area contributed by atoms with Crippen molar-refractivity contribution in [1.82, 2.24) is 10.1 Å². The van der Waals surface area contributed by atoms with Gasteiger partial charge in [0.1, 0.15) is 17.2 Å². The Labute approximate surface area is 176 Å². The van der Waals surface area contributed by atoms with Gasteiger partial charge in [-0.05, 0) is 74.2 Å². The zero-order valence-electron chi connectivity index (χ0n) is 16.7. The number of nitrogens with zero attached hydrogens (tertiary/aromatic N) is 2. The summed E-state index contributed by atoms with van der Waals surface area (Å²) >= 11 is 6.14. The molecule has 2 aliphatic rings. The van der Waals surface area contributed by atoms with E-state index >= 15 is 0 Å². The average Bonchev–Trinajstić information content (AvgIpc) is 3.31. The highest BCUT2D eigenvalue weighted by Gasteiger charge is 2.48. The van der Waals surface area contributed by atoms with Crippen LogP contribution in [0.25, 0.3) is 11.3 Å². The number of aromatic nitrogens is 1. The van der Waals surface area contributed by atoms with Crippen molar-refractivity contribution in [3.63, 3.8) is 0 Å². The lowest BCUT2D eigenvalue weighted by atomic mass is 9.75. The standard InChI is InChI=1S/C24H25ClN2O2/c1-27-18-9-12-22(27)24(20(13-18)15-3-7-17(25)8-4-15)23-14-21(26-29-23)16-5-10-19(28-2)11-6-16/h3-8,10-11,14,18,20,22,24H,9,12-13H2,1-2H3/t18?,20-,22?,24+/m1/s1. The van der Waals surface area contributed by atoms with Gasteiger partial charge >= 0.3 is 0 Å². The number of methoxy groups -OCH3 is 1. The Morgan fingerprint density at radius 3 is 2.55 bits per heavy atom. The lowest BCUT2D eigenvalue weighted by Crippen LogP contribution is -2.44. The van der Waals surface area contributed by atoms with E-state index in [2.05, 4.69) is 35.3 Å². The smallest absolute Gasteiger partial charge is 0.142 e. The molecule has 4 atom stereocenters. The van der Waals surface area contributed by atoms with Crippen LogP contribution in [0.1, 0.15) is 42.4 Å². The van der Waals surface area contributed by atoms with Crippen LogP contribution in [0.5, 0.6) is 5.75 Å². The van der Waals surface area contributed by atoms with Crippen LogP contribution in [0, 0.1) is 0 Å². The molecule has 29 heavy (non-hydrogen) atoms. The number of hydrogen-bond donors (Lipinski definition) is 0. The first-order valence-electron chi connectivity index (χ1n) is 10.2. The first-order valence-corrected chi connectivity index (χ1v) is 10.6. The molecule has 0 spiro atoms. The Hall–Kier alpha value is -2.30. The minimum atomic E-state index is 0.291. The number of piperidine rings is 1. The summed E-state index contributed by atoms with van der Waals surface area (Å²) in [5, 5.41) is 5.19. The third-order valence-electron chi connectivity index (χ3n) is 6.81. The van der Waals surface area contributed by atoms with Gasteiger partial charge in [-0.25, -0.2) is 0 Å². The Morgan fingerprint density at radius 1 is 1.07 bits per heavy atom. The van der Waals surface area contributed by atoms with Crippen LogP contribution >= 0.6 is 11.6 Å². The number of fused-ring (bicyclic) bond motifs is 2. The first-order chi connectivity index (χ1) is 14.1. The van der Waals surface area contributed by atoms with Gasteiger partial charge in [0.15, 0.2) is 0 Å². The van der Waals surface area contributed by atoms with E-state index in [9.17, 15) is 0 Å². The average molecular weight is 409 g/mol. The summed E-state index contributed by atoms with van der Waals surface area (Å²) in [6.45, 7) is 0. The van der Waals surface area contributed by atoms with E-state index in [4.69, 9.17) is 20.9 Å². The van der Waals surface area contributed by atoms with Gasteiger partial charge < -0.3 is 9.26 Å². The van der Waals surface area contributed by atoms with Crippen LogP contribution in [-0.4, -0.2) is 36.3 Å². The first kappa shape index (κ1) is 18.7. The summed E-state index contributed by atoms with van der Waals surface area (Å²) in [5.74, 6) is 2.52. The molecular weight excluding hydrogens is 384 g/mol. The Bertz CT molecular complexity index is 983. The van der Waals surface area contributed by atoms with Gasteiger partial charge in [-0.3, -0.25) is 4.90 Å². The molecule has 150 valence electrons. The van der Waals surface area contributed by atoms with Crippen molar-refractivity contribution in [2.45, 2.75) is 43.2 Å². The predicted octanol–water partition coefficient (Wildman–Crippen LogP) is 5.74. The SMILES string of the molecule is COc1ccc(-c2cc([C@@H]3C4CCC(C[C@@H]3c3ccc(Cl)cc3)N4C)on2)cc1. The molecule has 0 aliphatic carbocycles. The molecule has 5 heteroatoms. The zero-order chi connectivity index (χ0) is 20.0. The van der Waals surface area contributed by atoms with Crippen LogP contribution in [0.2, 0.25) is 5.02 Å². The minimum Gasteiger partial charge on any atom is -0.497 e. The van der Waals surface area contributed by atoms with E-state index in [0.29, 0.717) is 23.9 Å². The highest BCUT2D eigenvalue weighted by atomic mass is 35.5. The molecular formula is C24H25ClN2O2. The van der Waals surface area contributed by atoms with E-state index in [1.165, 1.54) is 18.4 Å². The fraction of sp³-hybridized carbons (Fsp3) is 0.375. The lowest BCUT2D eigenvalue weighted by molar-refractivity contribution is 0.122. The molecule has 0 radical (unpaired) electrons. The molecule has 2 bridgehead atoms. The van der Waals surface area contributed by atoms with Crippen molar-refractivity contribution in [3.05, 3.63) is 70.9 Å². The highest BCUT2D eigenvalue weighted by molar-refractivity contribution is 6.30. The number of halogens is 1. The zero-order valence-corrected chi connectivity index (χ0v) is 17.5. The molecule has 2 saturated heterocycles. The van der Waals surface area contributed by atoms with Crippen molar-refractivity contribution in [3.8, 4) is 17.0 Å². The molecule has 3 aromatic rings. The van der Waals surface area contributed by atoms with E-state index in [1.54, 1.807) is 7.11 Å². The van der Waals surface area contributed by atoms with Crippen LogP contribution in [-0.2, 0) is 0 Å². The number of likely N-dealkylation sites (N-methyl/N-ethyl adjacent to an activating group) is 1. The Morgan fingerprint density at radius 2 is 1.83 bits per heavy atom. The third kappa shape index (κ3) is 3.34. The summed E-state index contributed by atoms with van der Waals surface area (Å²) < 4.78 is 11.2. The predicted molar refractivity (Wildman–Crippen MR) is 115 cm³/mol. The van der Waals surface area contributed by atoms with Gasteiger partial charge in [0, 0.05) is 34.7 Å². The summed E-state index contributed by atoms with van der Waals surface area (Å²) in [6.07, 6.45) is 3.59. The van der Waals surface area contributed by atoms with Crippen LogP contribution in [0.3, 0.4) is 0 Å². The van der Waals surface area contributed by atoms with Crippen LogP contribution in [0.15, 0.2) is 59.1 Å². The largest absolute Gasteiger partial charge is 0.497 e. The second-order valence-corrected chi connectivity index (χ2v) is 8.66. The van der Waals surface area contributed by atoms with E-state index in [0.717, 1.165) is 34.2 Å². The maximum Gasteiger partial charge on any atom is 0.142 e. The van der Waals surface area contributed by atoms with Gasteiger partial charge in [0.05, 0.1) is 7.11 Å². The maximum atomic E-state index is 6.14. The lowest BCUT2D eigenvalue weighted by Gasteiger charge is -2.42. The number of hydrogen-bond acceptors (Lipinski definition) is 4. The third-order valence-corrected chi connectivity index (χ3v) is 7.06. The topological polar surface area (TPSA) is 38.5 Å². The normalized spacial score (nSPS) is 26.6. The quantitative estimate of drug-likeness (QED) is 0.552. The molecule has 0 amide bonds. The molecule has 0 N–H and O–H groups in total. The van der Waals surface area contributed by atoms with Crippen molar-refractivity contribution in [2.24, 2.45) is 0 Å². The van der Waals surface area contributed by atoms with Gasteiger partial charge in [0.2, 0.25) is 0 Å². The summed E-state index contributed by atoms with van der Waals surface area (Å²) in [4.78, 5) is 2.55. The van der Waals surface area contributed by atoms with E-state index in [1.807, 2.05) is 36.4 Å². The van der Waals surface area contributed by atoms with Crippen LogP contribution < -0.4 is 4.74 Å². The van der Waals surface area contributed by atoms with Crippen molar-refractivity contribution in [1.29, 1.82) is 0 Å². The van der Waals surface area contributed by atoms with Crippen molar-refractivity contribution < 1.29 is 9.26 Å². The van der Waals surface area contributed by atoms with Gasteiger partial charge in [-0.2, -0.15) is 0 Å². The van der Waals surface area contributed by atoms with Crippen LogP contribution in [0.4, 0.5) is 0 Å². The van der Waals surface area contributed by atoms with E-state index in [-0.39, 0.29) is 0 Å². The van der Waals surface area contributed by atoms with Gasteiger partial charge in [0.25, 0.3) is 0 Å². The van der Waals surface area contributed by atoms with Gasteiger partial charge in [-0.15, -0.1) is 0 Å². The fourth-order valence-electron chi connectivity index (χ4n) is 5.25. The molecule has 5 rings (SSSR count). The number of rotatable bonds is 4. The molecule has 2 unspecified atom stereocenters. The molecule has 2 fully saturated rings. The Kier molecular flexibility index (Phi) is 4.84. The number of ether oxygens (including phenoxy) is 1. The Balaban J connectivity index is 1.50. The molecule has 4 nitrogen and oxygen atoms in total. The molecule has 0 saturated carbocycles. The minimum absolute atomic E-state index is 0.291. The van der Waals surface area contributed by atoms with E-state index < -0.39 is 0 Å². The molecule has 3 heterocycles. The highest BCUT2D eigenvalue weighted by Crippen LogP contribution is 2.51. The van der Waals surface area contributed by atoms with Crippen molar-refractivity contribution >= 4 is 11.6 Å². The summed E-state index contributed by atoms with van der Waals surface area (Å²) in [6, 6.07) is 19.5. The fourth-order valence-corrected chi connectivity index (χ4v) is 5.38. The molecule has 2 aliphatic heterocycles. The second kappa shape index (κ2) is 7.51. The van der Waals surface area contributed by atoms with Crippen molar-refractivity contribution in [2.75, 3.05) is 14.2 Å². The maximum absolute atomic E-state index is 6.14. The summed E-state index contributed by atoms with van der Waals surface area (Å²) in [7, 11) is 3.93. The monoisotopic (exact) mass is 408 g/mol. The van der Waals surface area contributed by atoms with Gasteiger partial charge in [-0.1, -0.05) is 28.9 Å². The second-order valence-electron chi connectivity index (χ2n) is 8.23. The molecule has 2 aromatic carbocycles. The summed E-state index contributed by atoms with van der Waals surface area (Å²) in [5.41, 5.74) is 3.25.